The predicted molar refractivity (Wildman–Crippen MR) is 85.4 cm³/mol. The van der Waals surface area contributed by atoms with Crippen LogP contribution in [-0.4, -0.2) is 36.3 Å². The van der Waals surface area contributed by atoms with E-state index in [2.05, 4.69) is 10.4 Å². The van der Waals surface area contributed by atoms with E-state index in [-0.39, 0.29) is 23.2 Å². The Balaban J connectivity index is 2.06. The summed E-state index contributed by atoms with van der Waals surface area (Å²) in [5, 5.41) is 6.97. The highest BCUT2D eigenvalue weighted by Crippen LogP contribution is 2.09. The van der Waals surface area contributed by atoms with Gasteiger partial charge in [0.1, 0.15) is 5.69 Å². The van der Waals surface area contributed by atoms with Crippen LogP contribution in [0.4, 0.5) is 0 Å². The molecule has 2 rings (SSSR count). The Labute approximate surface area is 134 Å². The minimum absolute atomic E-state index is 0.00972. The number of nitrogens with one attached hydrogen (secondary N) is 2. The number of rotatable bonds is 7. The average molecular weight is 319 g/mol. The second-order valence-electron chi connectivity index (χ2n) is 5.64. The van der Waals surface area contributed by atoms with Crippen molar-refractivity contribution in [2.24, 2.45) is 0 Å². The zero-order valence-electron chi connectivity index (χ0n) is 13.7. The summed E-state index contributed by atoms with van der Waals surface area (Å²) in [4.78, 5) is 25.1. The molecule has 0 aromatic carbocycles. The number of furan rings is 1. The summed E-state index contributed by atoms with van der Waals surface area (Å²) >= 11 is 0. The van der Waals surface area contributed by atoms with Crippen molar-refractivity contribution in [1.29, 1.82) is 0 Å². The number of carbonyl (C=O) groups is 1. The molecule has 0 aliphatic rings. The monoisotopic (exact) mass is 319 g/mol. The molecule has 0 aliphatic carbocycles. The lowest BCUT2D eigenvalue weighted by Crippen LogP contribution is -3.07. The fraction of sp³-hybridized carbons (Fsp3) is 0.438. The van der Waals surface area contributed by atoms with E-state index in [0.717, 1.165) is 17.1 Å². The summed E-state index contributed by atoms with van der Waals surface area (Å²) in [5.74, 6) is 0.516. The van der Waals surface area contributed by atoms with E-state index >= 15 is 0 Å². The second kappa shape index (κ2) is 7.73. The molecule has 1 atom stereocenters. The lowest BCUT2D eigenvalue weighted by atomic mass is 10.2. The standard InChI is InChI=1S/C16H22N4O3/c1-4-9-20-15(21)8-7-12(18-20)16(22)17-11-13(19(2)3)14-6-5-10-23-14/h5-8,10,13H,4,9,11H2,1-3H3,(H,17,22)/p+1/t13-/m1/s1. The Morgan fingerprint density at radius 3 is 2.78 bits per heavy atom. The first kappa shape index (κ1) is 17.0. The molecule has 7 heteroatoms. The van der Waals surface area contributed by atoms with Gasteiger partial charge in [-0.05, 0) is 24.6 Å². The molecule has 0 fully saturated rings. The van der Waals surface area contributed by atoms with Crippen LogP contribution in [0.1, 0.15) is 35.6 Å². The molecule has 7 nitrogen and oxygen atoms in total. The fourth-order valence-electron chi connectivity index (χ4n) is 2.31. The van der Waals surface area contributed by atoms with Gasteiger partial charge in [0.15, 0.2) is 11.8 Å². The van der Waals surface area contributed by atoms with Crippen LogP contribution < -0.4 is 15.8 Å². The molecule has 0 bridgehead atoms. The highest BCUT2D eigenvalue weighted by atomic mass is 16.3. The number of quaternary nitrogens is 1. The SMILES string of the molecule is CCCn1nc(C(=O)NC[C@H](c2ccco2)[NH+](C)C)ccc1=O. The zero-order valence-corrected chi connectivity index (χ0v) is 13.7. The van der Waals surface area contributed by atoms with Gasteiger partial charge in [-0.15, -0.1) is 0 Å². The van der Waals surface area contributed by atoms with Crippen molar-refractivity contribution in [3.63, 3.8) is 0 Å². The number of hydrogen-bond donors (Lipinski definition) is 2. The van der Waals surface area contributed by atoms with E-state index in [1.165, 1.54) is 16.8 Å². The van der Waals surface area contributed by atoms with Gasteiger partial charge in [0, 0.05) is 12.6 Å². The maximum Gasteiger partial charge on any atom is 0.271 e. The molecule has 23 heavy (non-hydrogen) atoms. The number of aromatic nitrogens is 2. The molecule has 2 aromatic heterocycles. The normalized spacial score (nSPS) is 12.3. The van der Waals surface area contributed by atoms with Gasteiger partial charge in [-0.3, -0.25) is 9.59 Å². The quantitative estimate of drug-likeness (QED) is 0.744. The van der Waals surface area contributed by atoms with E-state index < -0.39 is 0 Å². The van der Waals surface area contributed by atoms with E-state index in [0.29, 0.717) is 13.1 Å². The Morgan fingerprint density at radius 2 is 2.17 bits per heavy atom. The number of carbonyl (C=O) groups excluding carboxylic acids is 1. The van der Waals surface area contributed by atoms with Crippen LogP contribution >= 0.6 is 0 Å². The Bertz CT molecular complexity index is 692. The Kier molecular flexibility index (Phi) is 5.70. The van der Waals surface area contributed by atoms with Gasteiger partial charge in [-0.1, -0.05) is 6.92 Å². The molecule has 0 radical (unpaired) electrons. The third kappa shape index (κ3) is 4.29. The van der Waals surface area contributed by atoms with Gasteiger partial charge in [-0.2, -0.15) is 5.10 Å². The van der Waals surface area contributed by atoms with Crippen molar-refractivity contribution in [3.05, 3.63) is 52.3 Å². The Morgan fingerprint density at radius 1 is 1.39 bits per heavy atom. The predicted octanol–water partition coefficient (Wildman–Crippen LogP) is -0.138. The van der Waals surface area contributed by atoms with Gasteiger partial charge < -0.3 is 14.6 Å². The summed E-state index contributed by atoms with van der Waals surface area (Å²) in [7, 11) is 4.00. The molecule has 124 valence electrons. The highest BCUT2D eigenvalue weighted by molar-refractivity contribution is 5.91. The van der Waals surface area contributed by atoms with E-state index in [9.17, 15) is 9.59 Å². The van der Waals surface area contributed by atoms with Crippen LogP contribution in [0.3, 0.4) is 0 Å². The second-order valence-corrected chi connectivity index (χ2v) is 5.64. The fourth-order valence-corrected chi connectivity index (χ4v) is 2.31. The smallest absolute Gasteiger partial charge is 0.271 e. The summed E-state index contributed by atoms with van der Waals surface area (Å²) in [6.45, 7) is 2.87. The van der Waals surface area contributed by atoms with Crippen LogP contribution in [0.2, 0.25) is 0 Å². The first-order chi connectivity index (χ1) is 11.0. The van der Waals surface area contributed by atoms with Crippen molar-refractivity contribution >= 4 is 5.91 Å². The van der Waals surface area contributed by atoms with Crippen LogP contribution in [0.5, 0.6) is 0 Å². The highest BCUT2D eigenvalue weighted by Gasteiger charge is 2.22. The van der Waals surface area contributed by atoms with Crippen LogP contribution in [-0.2, 0) is 6.54 Å². The average Bonchev–Trinajstić information content (AvgIpc) is 3.03. The number of likely N-dealkylation sites (N-methyl/N-ethyl adjacent to an activating group) is 1. The molecule has 0 aliphatic heterocycles. The third-order valence-electron chi connectivity index (χ3n) is 3.58. The van der Waals surface area contributed by atoms with Crippen LogP contribution in [0.25, 0.3) is 0 Å². The molecule has 0 spiro atoms. The molecular weight excluding hydrogens is 296 g/mol. The molecule has 0 saturated heterocycles. The Hall–Kier alpha value is -2.41. The minimum atomic E-state index is -0.298. The van der Waals surface area contributed by atoms with Crippen molar-refractivity contribution < 1.29 is 14.1 Å². The minimum Gasteiger partial charge on any atom is -0.463 e. The van der Waals surface area contributed by atoms with Crippen molar-refractivity contribution in [2.45, 2.75) is 25.9 Å². The maximum atomic E-state index is 12.3. The molecule has 2 heterocycles. The number of nitrogens with zero attached hydrogens (tertiary/aromatic N) is 2. The summed E-state index contributed by atoms with van der Waals surface area (Å²) in [5.41, 5.74) is 0.0413. The third-order valence-corrected chi connectivity index (χ3v) is 3.58. The molecular formula is C16H23N4O3+. The molecule has 1 amide bonds. The summed E-state index contributed by atoms with van der Waals surface area (Å²) in [6.07, 6.45) is 2.40. The van der Waals surface area contributed by atoms with Gasteiger partial charge in [-0.25, -0.2) is 4.68 Å². The van der Waals surface area contributed by atoms with Crippen LogP contribution in [0.15, 0.2) is 39.7 Å². The van der Waals surface area contributed by atoms with Crippen LogP contribution in [0, 0.1) is 0 Å². The van der Waals surface area contributed by atoms with E-state index in [1.54, 1.807) is 6.26 Å². The number of hydrogen-bond acceptors (Lipinski definition) is 4. The van der Waals surface area contributed by atoms with Crippen molar-refractivity contribution in [3.8, 4) is 0 Å². The molecule has 0 unspecified atom stereocenters. The summed E-state index contributed by atoms with van der Waals surface area (Å²) in [6, 6.07) is 6.56. The molecule has 0 saturated carbocycles. The number of aryl methyl sites for hydroxylation is 1. The largest absolute Gasteiger partial charge is 0.463 e. The first-order valence-electron chi connectivity index (χ1n) is 7.72. The number of amides is 1. The zero-order chi connectivity index (χ0) is 16.8. The van der Waals surface area contributed by atoms with E-state index in [4.69, 9.17) is 4.42 Å². The van der Waals surface area contributed by atoms with Crippen molar-refractivity contribution in [2.75, 3.05) is 20.6 Å². The molecule has 2 N–H and O–H groups in total. The lowest BCUT2D eigenvalue weighted by molar-refractivity contribution is -0.891. The van der Waals surface area contributed by atoms with Gasteiger partial charge in [0.05, 0.1) is 26.9 Å². The van der Waals surface area contributed by atoms with E-state index in [1.807, 2.05) is 33.2 Å². The lowest BCUT2D eigenvalue weighted by Gasteiger charge is -2.19. The summed E-state index contributed by atoms with van der Waals surface area (Å²) < 4.78 is 6.74. The maximum absolute atomic E-state index is 12.3. The first-order valence-corrected chi connectivity index (χ1v) is 7.72. The topological polar surface area (TPSA) is 81.6 Å². The van der Waals surface area contributed by atoms with Gasteiger partial charge >= 0.3 is 0 Å². The van der Waals surface area contributed by atoms with Crippen molar-refractivity contribution in [1.82, 2.24) is 15.1 Å². The van der Waals surface area contributed by atoms with Gasteiger partial charge in [0.2, 0.25) is 0 Å². The van der Waals surface area contributed by atoms with Gasteiger partial charge in [0.25, 0.3) is 11.5 Å². The molecule has 2 aromatic rings.